The Hall–Kier alpha value is -3.19. The van der Waals surface area contributed by atoms with Crippen molar-refractivity contribution in [2.75, 3.05) is 33.4 Å². The number of nitrogens with zero attached hydrogens (tertiary/aromatic N) is 2. The minimum atomic E-state index is -1.52. The van der Waals surface area contributed by atoms with E-state index in [0.29, 0.717) is 66.7 Å². The van der Waals surface area contributed by atoms with Gasteiger partial charge in [-0.2, -0.15) is 0 Å². The Morgan fingerprint density at radius 2 is 1.82 bits per heavy atom. The number of halogens is 4. The van der Waals surface area contributed by atoms with Crippen molar-refractivity contribution in [3.05, 3.63) is 70.7 Å². The van der Waals surface area contributed by atoms with Crippen LogP contribution in [0.1, 0.15) is 48.5 Å². The molecule has 0 unspecified atom stereocenters. The topological polar surface area (TPSA) is 65.8 Å². The zero-order valence-electron chi connectivity index (χ0n) is 21.1. The second-order valence-corrected chi connectivity index (χ2v) is 9.73. The van der Waals surface area contributed by atoms with Crippen LogP contribution in [0, 0.1) is 34.7 Å². The fourth-order valence-electron chi connectivity index (χ4n) is 4.99. The van der Waals surface area contributed by atoms with Crippen LogP contribution in [0.5, 0.6) is 5.75 Å². The minimum Gasteiger partial charge on any atom is -0.497 e. The van der Waals surface area contributed by atoms with Crippen LogP contribution in [0.2, 0.25) is 0 Å². The number of aliphatic hydroxyl groups is 2. The molecule has 2 heterocycles. The number of fused-ring (bicyclic) bond motifs is 1. The largest absolute Gasteiger partial charge is 0.497 e. The van der Waals surface area contributed by atoms with E-state index >= 15 is 4.39 Å². The van der Waals surface area contributed by atoms with Gasteiger partial charge < -0.3 is 14.9 Å². The molecular formula is C29H30F4N2O3. The van der Waals surface area contributed by atoms with Gasteiger partial charge in [-0.05, 0) is 74.5 Å². The quantitative estimate of drug-likeness (QED) is 0.242. The molecular weight excluding hydrogens is 500 g/mol. The van der Waals surface area contributed by atoms with Crippen LogP contribution in [-0.4, -0.2) is 53.4 Å². The van der Waals surface area contributed by atoms with Gasteiger partial charge in [0.15, 0.2) is 17.5 Å². The summed E-state index contributed by atoms with van der Waals surface area (Å²) < 4.78 is 60.9. The summed E-state index contributed by atoms with van der Waals surface area (Å²) in [5.74, 6) is 2.00. The summed E-state index contributed by atoms with van der Waals surface area (Å²) in [5, 5.41) is 20.6. The van der Waals surface area contributed by atoms with Crippen molar-refractivity contribution < 1.29 is 32.5 Å². The second kappa shape index (κ2) is 12.1. The fourth-order valence-corrected chi connectivity index (χ4v) is 4.99. The Morgan fingerprint density at radius 3 is 2.45 bits per heavy atom. The lowest BCUT2D eigenvalue weighted by atomic mass is 9.74. The van der Waals surface area contributed by atoms with Crippen molar-refractivity contribution in [1.82, 2.24) is 9.88 Å². The van der Waals surface area contributed by atoms with E-state index in [1.807, 2.05) is 0 Å². The third kappa shape index (κ3) is 6.09. The maximum absolute atomic E-state index is 15.7. The van der Waals surface area contributed by atoms with Gasteiger partial charge in [-0.1, -0.05) is 11.8 Å². The molecule has 3 aromatic rings. The number of pyridine rings is 1. The molecule has 2 N–H and O–H groups in total. The van der Waals surface area contributed by atoms with Crippen LogP contribution in [-0.2, 0) is 6.61 Å². The van der Waals surface area contributed by atoms with Crippen LogP contribution in [0.3, 0.4) is 0 Å². The normalized spacial score (nSPS) is 16.2. The Kier molecular flexibility index (Phi) is 8.87. The highest BCUT2D eigenvalue weighted by atomic mass is 19.2. The first kappa shape index (κ1) is 27.8. The molecule has 2 aromatic carbocycles. The predicted octanol–water partition coefficient (Wildman–Crippen LogP) is 5.07. The first-order valence-corrected chi connectivity index (χ1v) is 12.5. The van der Waals surface area contributed by atoms with Gasteiger partial charge in [-0.3, -0.25) is 9.88 Å². The van der Waals surface area contributed by atoms with Gasteiger partial charge >= 0.3 is 0 Å². The van der Waals surface area contributed by atoms with E-state index in [0.717, 1.165) is 12.1 Å². The Labute approximate surface area is 219 Å². The number of rotatable bonds is 8. The molecule has 0 amide bonds. The van der Waals surface area contributed by atoms with E-state index in [2.05, 4.69) is 21.7 Å². The number of piperidine rings is 1. The third-order valence-corrected chi connectivity index (χ3v) is 7.38. The average molecular weight is 531 g/mol. The fraction of sp³-hybridized carbons (Fsp3) is 0.414. The minimum absolute atomic E-state index is 0.0561. The molecule has 1 aliphatic heterocycles. The van der Waals surface area contributed by atoms with Crippen LogP contribution < -0.4 is 4.74 Å². The average Bonchev–Trinajstić information content (AvgIpc) is 2.94. The van der Waals surface area contributed by atoms with Crippen molar-refractivity contribution >= 4 is 10.9 Å². The SMILES string of the molecule is COc1ccc2ncc(CO)c([C@@H](F)CCC3(CO)CCN(CC#Cc4cc(F)c(F)c(F)c4)CC3)c2c1. The lowest BCUT2D eigenvalue weighted by Gasteiger charge is -2.40. The lowest BCUT2D eigenvalue weighted by Crippen LogP contribution is -2.42. The number of hydrogen-bond acceptors (Lipinski definition) is 5. The smallest absolute Gasteiger partial charge is 0.194 e. The maximum Gasteiger partial charge on any atom is 0.194 e. The molecule has 9 heteroatoms. The summed E-state index contributed by atoms with van der Waals surface area (Å²) in [5.41, 5.74) is 1.03. The Bertz CT molecular complexity index is 1320. The van der Waals surface area contributed by atoms with E-state index in [-0.39, 0.29) is 25.2 Å². The number of ether oxygens (including phenoxy) is 1. The van der Waals surface area contributed by atoms with Crippen molar-refractivity contribution in [2.24, 2.45) is 5.41 Å². The molecule has 1 saturated heterocycles. The van der Waals surface area contributed by atoms with E-state index in [9.17, 15) is 23.4 Å². The highest BCUT2D eigenvalue weighted by Crippen LogP contribution is 2.41. The van der Waals surface area contributed by atoms with Gasteiger partial charge in [0, 0.05) is 34.9 Å². The van der Waals surface area contributed by atoms with Gasteiger partial charge in [0.05, 0.1) is 25.8 Å². The van der Waals surface area contributed by atoms with E-state index in [1.165, 1.54) is 13.3 Å². The van der Waals surface area contributed by atoms with Crippen molar-refractivity contribution in [2.45, 2.75) is 38.5 Å². The van der Waals surface area contributed by atoms with Crippen LogP contribution in [0.15, 0.2) is 36.5 Å². The first-order valence-electron chi connectivity index (χ1n) is 12.5. The van der Waals surface area contributed by atoms with Crippen molar-refractivity contribution in [3.8, 4) is 17.6 Å². The molecule has 1 aliphatic rings. The maximum atomic E-state index is 15.7. The molecule has 5 nitrogen and oxygen atoms in total. The van der Waals surface area contributed by atoms with Gasteiger partial charge in [-0.15, -0.1) is 0 Å². The molecule has 1 atom stereocenters. The molecule has 0 radical (unpaired) electrons. The zero-order chi connectivity index (χ0) is 27.3. The highest BCUT2D eigenvalue weighted by molar-refractivity contribution is 5.85. The van der Waals surface area contributed by atoms with Crippen molar-refractivity contribution in [1.29, 1.82) is 0 Å². The highest BCUT2D eigenvalue weighted by Gasteiger charge is 2.35. The Balaban J connectivity index is 1.39. The molecule has 202 valence electrons. The molecule has 38 heavy (non-hydrogen) atoms. The summed E-state index contributed by atoms with van der Waals surface area (Å²) in [6.07, 6.45) is 2.03. The van der Waals surface area contributed by atoms with E-state index in [4.69, 9.17) is 4.74 Å². The predicted molar refractivity (Wildman–Crippen MR) is 136 cm³/mol. The van der Waals surface area contributed by atoms with E-state index in [1.54, 1.807) is 18.2 Å². The third-order valence-electron chi connectivity index (χ3n) is 7.38. The molecule has 0 bridgehead atoms. The number of methoxy groups -OCH3 is 1. The number of aromatic nitrogens is 1. The van der Waals surface area contributed by atoms with Gasteiger partial charge in [0.25, 0.3) is 0 Å². The second-order valence-electron chi connectivity index (χ2n) is 9.73. The summed E-state index contributed by atoms with van der Waals surface area (Å²) in [6.45, 7) is 1.17. The standard InChI is InChI=1S/C29H30F4N2O3/c1-38-21-4-5-26-22(15-21)27(20(17-36)16-34-26)23(30)6-7-29(18-37)8-11-35(12-9-29)10-2-3-19-13-24(31)28(33)25(32)14-19/h4-5,13-16,23,36-37H,6-12,17-18H2,1H3/t23-/m0/s1. The van der Waals surface area contributed by atoms with Gasteiger partial charge in [0.2, 0.25) is 0 Å². The number of likely N-dealkylation sites (tertiary alicyclic amines) is 1. The van der Waals surface area contributed by atoms with Crippen LogP contribution in [0.25, 0.3) is 10.9 Å². The molecule has 0 spiro atoms. The van der Waals surface area contributed by atoms with Crippen LogP contribution >= 0.6 is 0 Å². The molecule has 4 rings (SSSR count). The summed E-state index contributed by atoms with van der Waals surface area (Å²) >= 11 is 0. The summed E-state index contributed by atoms with van der Waals surface area (Å²) in [6, 6.07) is 6.94. The first-order chi connectivity index (χ1) is 18.3. The monoisotopic (exact) mass is 530 g/mol. The lowest BCUT2D eigenvalue weighted by molar-refractivity contribution is 0.0343. The molecule has 1 fully saturated rings. The number of alkyl halides is 1. The Morgan fingerprint density at radius 1 is 1.11 bits per heavy atom. The number of benzene rings is 2. The molecule has 0 aliphatic carbocycles. The molecule has 1 aromatic heterocycles. The van der Waals surface area contributed by atoms with E-state index < -0.39 is 29.0 Å². The number of aliphatic hydroxyl groups excluding tert-OH is 2. The molecule has 0 saturated carbocycles. The van der Waals surface area contributed by atoms with Crippen molar-refractivity contribution in [3.63, 3.8) is 0 Å². The van der Waals surface area contributed by atoms with Crippen LogP contribution in [0.4, 0.5) is 17.6 Å². The zero-order valence-corrected chi connectivity index (χ0v) is 21.1. The van der Waals surface area contributed by atoms with Gasteiger partial charge in [0.1, 0.15) is 11.9 Å². The van der Waals surface area contributed by atoms with Gasteiger partial charge in [-0.25, -0.2) is 17.6 Å². The summed E-state index contributed by atoms with van der Waals surface area (Å²) in [7, 11) is 1.53. The number of hydrogen-bond donors (Lipinski definition) is 2. The summed E-state index contributed by atoms with van der Waals surface area (Å²) in [4.78, 5) is 6.37.